The SMILES string of the molecule is CNC(=O)c1ccc(Cl)c(NCC(=O)NCC2CCCCC2)c1. The van der Waals surface area contributed by atoms with E-state index in [-0.39, 0.29) is 18.4 Å². The van der Waals surface area contributed by atoms with E-state index in [2.05, 4.69) is 16.0 Å². The van der Waals surface area contributed by atoms with Crippen LogP contribution in [0.3, 0.4) is 0 Å². The molecule has 1 saturated carbocycles. The molecule has 1 aromatic rings. The summed E-state index contributed by atoms with van der Waals surface area (Å²) in [6, 6.07) is 4.94. The summed E-state index contributed by atoms with van der Waals surface area (Å²) in [5.74, 6) is 0.358. The maximum atomic E-state index is 11.9. The highest BCUT2D eigenvalue weighted by Gasteiger charge is 2.14. The molecule has 0 saturated heterocycles. The maximum Gasteiger partial charge on any atom is 0.251 e. The van der Waals surface area contributed by atoms with Crippen molar-refractivity contribution in [2.45, 2.75) is 32.1 Å². The second-order valence-electron chi connectivity index (χ2n) is 5.94. The van der Waals surface area contributed by atoms with Crippen LogP contribution in [-0.4, -0.2) is 32.0 Å². The van der Waals surface area contributed by atoms with Gasteiger partial charge in [0.2, 0.25) is 5.91 Å². The minimum absolute atomic E-state index is 0.0583. The molecule has 2 amide bonds. The summed E-state index contributed by atoms with van der Waals surface area (Å²) in [5.41, 5.74) is 1.09. The molecule has 0 spiro atoms. The molecule has 1 fully saturated rings. The average molecular weight is 338 g/mol. The molecule has 0 radical (unpaired) electrons. The van der Waals surface area contributed by atoms with Crippen LogP contribution in [0.1, 0.15) is 42.5 Å². The number of benzene rings is 1. The Bertz CT molecular complexity index is 557. The van der Waals surface area contributed by atoms with Crippen LogP contribution in [-0.2, 0) is 4.79 Å². The summed E-state index contributed by atoms with van der Waals surface area (Å²) in [4.78, 5) is 23.6. The Labute approximate surface area is 142 Å². The van der Waals surface area contributed by atoms with Gasteiger partial charge in [-0.1, -0.05) is 30.9 Å². The summed E-state index contributed by atoms with van der Waals surface area (Å²) in [5, 5.41) is 9.01. The van der Waals surface area contributed by atoms with E-state index in [1.54, 1.807) is 25.2 Å². The molecule has 0 bridgehead atoms. The molecular formula is C17H24ClN3O2. The largest absolute Gasteiger partial charge is 0.375 e. The lowest BCUT2D eigenvalue weighted by atomic mass is 9.89. The van der Waals surface area contributed by atoms with Gasteiger partial charge in [0, 0.05) is 19.2 Å². The standard InChI is InChI=1S/C17H24ClN3O2/c1-19-17(23)13-7-8-14(18)15(9-13)20-11-16(22)21-10-12-5-3-2-4-6-12/h7-9,12,20H,2-6,10-11H2,1H3,(H,19,23)(H,21,22). The molecular weight excluding hydrogens is 314 g/mol. The Morgan fingerprint density at radius 2 is 1.96 bits per heavy atom. The van der Waals surface area contributed by atoms with Crippen LogP contribution in [0.15, 0.2) is 18.2 Å². The van der Waals surface area contributed by atoms with E-state index in [0.717, 1.165) is 6.54 Å². The van der Waals surface area contributed by atoms with Crippen molar-refractivity contribution in [1.29, 1.82) is 0 Å². The normalized spacial score (nSPS) is 15.0. The lowest BCUT2D eigenvalue weighted by Crippen LogP contribution is -2.34. The van der Waals surface area contributed by atoms with Crippen LogP contribution < -0.4 is 16.0 Å². The molecule has 23 heavy (non-hydrogen) atoms. The highest BCUT2D eigenvalue weighted by molar-refractivity contribution is 6.33. The molecule has 6 heteroatoms. The fraction of sp³-hybridized carbons (Fsp3) is 0.529. The summed E-state index contributed by atoms with van der Waals surface area (Å²) >= 11 is 6.10. The number of hydrogen-bond donors (Lipinski definition) is 3. The van der Waals surface area contributed by atoms with Crippen molar-refractivity contribution in [1.82, 2.24) is 10.6 Å². The second-order valence-corrected chi connectivity index (χ2v) is 6.34. The Kier molecular flexibility index (Phi) is 6.71. The van der Waals surface area contributed by atoms with E-state index in [1.807, 2.05) is 0 Å². The fourth-order valence-electron chi connectivity index (χ4n) is 2.83. The van der Waals surface area contributed by atoms with Gasteiger partial charge < -0.3 is 16.0 Å². The Balaban J connectivity index is 1.82. The van der Waals surface area contributed by atoms with Crippen molar-refractivity contribution in [2.24, 2.45) is 5.92 Å². The van der Waals surface area contributed by atoms with Crippen LogP contribution in [0, 0.1) is 5.92 Å². The predicted molar refractivity (Wildman–Crippen MR) is 92.9 cm³/mol. The van der Waals surface area contributed by atoms with Crippen molar-refractivity contribution in [2.75, 3.05) is 25.5 Å². The van der Waals surface area contributed by atoms with Gasteiger partial charge in [0.05, 0.1) is 17.3 Å². The molecule has 0 aromatic heterocycles. The van der Waals surface area contributed by atoms with Gasteiger partial charge >= 0.3 is 0 Å². The van der Waals surface area contributed by atoms with Crippen LogP contribution >= 0.6 is 11.6 Å². The van der Waals surface area contributed by atoms with Gasteiger partial charge in [-0.05, 0) is 37.0 Å². The van der Waals surface area contributed by atoms with Gasteiger partial charge in [-0.3, -0.25) is 9.59 Å². The number of carbonyl (C=O) groups excluding carboxylic acids is 2. The van der Waals surface area contributed by atoms with Gasteiger partial charge in [-0.15, -0.1) is 0 Å². The molecule has 0 heterocycles. The lowest BCUT2D eigenvalue weighted by molar-refractivity contribution is -0.119. The van der Waals surface area contributed by atoms with Crippen molar-refractivity contribution in [3.05, 3.63) is 28.8 Å². The van der Waals surface area contributed by atoms with Gasteiger partial charge in [0.25, 0.3) is 5.91 Å². The topological polar surface area (TPSA) is 70.2 Å². The first-order valence-corrected chi connectivity index (χ1v) is 8.50. The quantitative estimate of drug-likeness (QED) is 0.747. The first-order chi connectivity index (χ1) is 11.1. The maximum absolute atomic E-state index is 11.9. The predicted octanol–water partition coefficient (Wildman–Crippen LogP) is 2.81. The highest BCUT2D eigenvalue weighted by Crippen LogP contribution is 2.23. The smallest absolute Gasteiger partial charge is 0.251 e. The Hall–Kier alpha value is -1.75. The minimum Gasteiger partial charge on any atom is -0.375 e. The van der Waals surface area contributed by atoms with Crippen molar-refractivity contribution in [3.63, 3.8) is 0 Å². The monoisotopic (exact) mass is 337 g/mol. The molecule has 5 nitrogen and oxygen atoms in total. The van der Waals surface area contributed by atoms with Crippen molar-refractivity contribution < 1.29 is 9.59 Å². The fourth-order valence-corrected chi connectivity index (χ4v) is 3.02. The molecule has 0 unspecified atom stereocenters. The van der Waals surface area contributed by atoms with Gasteiger partial charge in [-0.25, -0.2) is 0 Å². The van der Waals surface area contributed by atoms with E-state index >= 15 is 0 Å². The Morgan fingerprint density at radius 3 is 2.65 bits per heavy atom. The minimum atomic E-state index is -0.188. The third-order valence-corrected chi connectivity index (χ3v) is 4.54. The molecule has 2 rings (SSSR count). The van der Waals surface area contributed by atoms with Crippen LogP contribution in [0.25, 0.3) is 0 Å². The zero-order valence-corrected chi connectivity index (χ0v) is 14.2. The molecule has 126 valence electrons. The van der Waals surface area contributed by atoms with Gasteiger partial charge in [0.1, 0.15) is 0 Å². The third kappa shape index (κ3) is 5.43. The van der Waals surface area contributed by atoms with Gasteiger partial charge in [0.15, 0.2) is 0 Å². The van der Waals surface area contributed by atoms with E-state index in [4.69, 9.17) is 11.6 Å². The van der Waals surface area contributed by atoms with Crippen LogP contribution in [0.4, 0.5) is 5.69 Å². The van der Waals surface area contributed by atoms with Crippen LogP contribution in [0.2, 0.25) is 5.02 Å². The zero-order valence-electron chi connectivity index (χ0n) is 13.5. The van der Waals surface area contributed by atoms with Crippen molar-refractivity contribution >= 4 is 29.1 Å². The number of carbonyl (C=O) groups is 2. The summed E-state index contributed by atoms with van der Waals surface area (Å²) in [6.07, 6.45) is 6.25. The summed E-state index contributed by atoms with van der Waals surface area (Å²) in [6.45, 7) is 0.885. The second kappa shape index (κ2) is 8.77. The Morgan fingerprint density at radius 1 is 1.22 bits per heavy atom. The number of hydrogen-bond acceptors (Lipinski definition) is 3. The molecule has 0 atom stereocenters. The van der Waals surface area contributed by atoms with E-state index < -0.39 is 0 Å². The molecule has 1 aliphatic rings. The van der Waals surface area contributed by atoms with Crippen LogP contribution in [0.5, 0.6) is 0 Å². The molecule has 1 aromatic carbocycles. The average Bonchev–Trinajstić information content (AvgIpc) is 2.59. The summed E-state index contributed by atoms with van der Waals surface area (Å²) in [7, 11) is 1.57. The molecule has 0 aliphatic heterocycles. The lowest BCUT2D eigenvalue weighted by Gasteiger charge is -2.21. The first kappa shape index (κ1) is 17.6. The first-order valence-electron chi connectivity index (χ1n) is 8.12. The van der Waals surface area contributed by atoms with E-state index in [9.17, 15) is 9.59 Å². The zero-order chi connectivity index (χ0) is 16.7. The number of rotatable bonds is 6. The summed E-state index contributed by atoms with van der Waals surface area (Å²) < 4.78 is 0. The van der Waals surface area contributed by atoms with Crippen molar-refractivity contribution in [3.8, 4) is 0 Å². The van der Waals surface area contributed by atoms with E-state index in [1.165, 1.54) is 32.1 Å². The molecule has 3 N–H and O–H groups in total. The number of halogens is 1. The number of amides is 2. The number of nitrogens with one attached hydrogen (secondary N) is 3. The van der Waals surface area contributed by atoms with Gasteiger partial charge in [-0.2, -0.15) is 0 Å². The molecule has 1 aliphatic carbocycles. The third-order valence-electron chi connectivity index (χ3n) is 4.21. The highest BCUT2D eigenvalue weighted by atomic mass is 35.5. The number of anilines is 1. The van der Waals surface area contributed by atoms with E-state index in [0.29, 0.717) is 22.2 Å².